The van der Waals surface area contributed by atoms with E-state index in [4.69, 9.17) is 4.42 Å². The van der Waals surface area contributed by atoms with Gasteiger partial charge in [0, 0.05) is 5.92 Å². The minimum Gasteiger partial charge on any atom is -0.469 e. The van der Waals surface area contributed by atoms with Crippen LogP contribution in [0.3, 0.4) is 0 Å². The SMILES string of the molecule is CC1c2occc2CC[C@H]1O. The molecule has 0 radical (unpaired) electrons. The zero-order valence-corrected chi connectivity index (χ0v) is 6.58. The highest BCUT2D eigenvalue weighted by molar-refractivity contribution is 5.24. The molecule has 0 spiro atoms. The molecule has 1 aromatic rings. The number of aryl methyl sites for hydroxylation is 1. The monoisotopic (exact) mass is 152 g/mol. The first-order valence-corrected chi connectivity index (χ1v) is 4.03. The highest BCUT2D eigenvalue weighted by Crippen LogP contribution is 2.31. The van der Waals surface area contributed by atoms with Crippen molar-refractivity contribution in [2.75, 3.05) is 0 Å². The number of aliphatic hydroxyl groups is 1. The van der Waals surface area contributed by atoms with E-state index in [-0.39, 0.29) is 12.0 Å². The minimum absolute atomic E-state index is 0.175. The Balaban J connectivity index is 2.38. The lowest BCUT2D eigenvalue weighted by molar-refractivity contribution is 0.122. The maximum Gasteiger partial charge on any atom is 0.112 e. The maximum atomic E-state index is 9.48. The average molecular weight is 152 g/mol. The van der Waals surface area contributed by atoms with E-state index in [1.165, 1.54) is 5.56 Å². The summed E-state index contributed by atoms with van der Waals surface area (Å²) < 4.78 is 5.28. The quantitative estimate of drug-likeness (QED) is 0.613. The third-order valence-electron chi connectivity index (χ3n) is 2.48. The summed E-state index contributed by atoms with van der Waals surface area (Å²) in [5, 5.41) is 9.48. The van der Waals surface area contributed by atoms with Crippen LogP contribution in [0.2, 0.25) is 0 Å². The molecule has 0 saturated carbocycles. The highest BCUT2D eigenvalue weighted by atomic mass is 16.3. The zero-order chi connectivity index (χ0) is 7.84. The normalized spacial score (nSPS) is 30.0. The summed E-state index contributed by atoms with van der Waals surface area (Å²) >= 11 is 0. The Morgan fingerprint density at radius 2 is 2.45 bits per heavy atom. The number of hydrogen-bond acceptors (Lipinski definition) is 2. The van der Waals surface area contributed by atoms with Gasteiger partial charge >= 0.3 is 0 Å². The van der Waals surface area contributed by atoms with Crippen molar-refractivity contribution >= 4 is 0 Å². The summed E-state index contributed by atoms with van der Waals surface area (Å²) in [4.78, 5) is 0. The predicted octanol–water partition coefficient (Wildman–Crippen LogP) is 1.69. The Morgan fingerprint density at radius 1 is 1.64 bits per heavy atom. The lowest BCUT2D eigenvalue weighted by Gasteiger charge is -2.22. The van der Waals surface area contributed by atoms with Gasteiger partial charge in [0.25, 0.3) is 0 Å². The standard InChI is InChI=1S/C9H12O2/c1-6-8(10)3-2-7-4-5-11-9(6)7/h4-6,8,10H,2-3H2,1H3/t6?,8-/m1/s1. The second kappa shape index (κ2) is 2.38. The molecule has 0 saturated heterocycles. The summed E-state index contributed by atoms with van der Waals surface area (Å²) in [6.45, 7) is 2.01. The largest absolute Gasteiger partial charge is 0.469 e. The van der Waals surface area contributed by atoms with Gasteiger partial charge in [0.1, 0.15) is 5.76 Å². The Hall–Kier alpha value is -0.760. The zero-order valence-electron chi connectivity index (χ0n) is 6.58. The van der Waals surface area contributed by atoms with E-state index in [9.17, 15) is 5.11 Å². The Kier molecular flexibility index (Phi) is 1.50. The van der Waals surface area contributed by atoms with Gasteiger partial charge in [-0.05, 0) is 24.5 Å². The molecule has 1 unspecified atom stereocenters. The van der Waals surface area contributed by atoms with E-state index in [2.05, 4.69) is 0 Å². The summed E-state index contributed by atoms with van der Waals surface area (Å²) in [5.41, 5.74) is 1.27. The van der Waals surface area contributed by atoms with E-state index in [1.807, 2.05) is 13.0 Å². The smallest absolute Gasteiger partial charge is 0.112 e. The van der Waals surface area contributed by atoms with Crippen LogP contribution in [0.15, 0.2) is 16.7 Å². The molecule has 0 aliphatic heterocycles. The molecule has 2 atom stereocenters. The van der Waals surface area contributed by atoms with E-state index < -0.39 is 0 Å². The third-order valence-corrected chi connectivity index (χ3v) is 2.48. The van der Waals surface area contributed by atoms with Crippen molar-refractivity contribution in [2.24, 2.45) is 0 Å². The van der Waals surface area contributed by atoms with Crippen molar-refractivity contribution in [1.29, 1.82) is 0 Å². The first-order chi connectivity index (χ1) is 5.29. The third kappa shape index (κ3) is 0.979. The summed E-state index contributed by atoms with van der Waals surface area (Å²) in [6.07, 6.45) is 3.32. The molecule has 2 nitrogen and oxygen atoms in total. The molecule has 0 aromatic carbocycles. The second-order valence-corrected chi connectivity index (χ2v) is 3.20. The predicted molar refractivity (Wildman–Crippen MR) is 41.5 cm³/mol. The van der Waals surface area contributed by atoms with Crippen LogP contribution in [-0.2, 0) is 6.42 Å². The van der Waals surface area contributed by atoms with Crippen molar-refractivity contribution in [1.82, 2.24) is 0 Å². The lowest BCUT2D eigenvalue weighted by atomic mass is 9.87. The number of rotatable bonds is 0. The molecule has 60 valence electrons. The van der Waals surface area contributed by atoms with Gasteiger partial charge in [0.15, 0.2) is 0 Å². The number of fused-ring (bicyclic) bond motifs is 1. The Bertz CT molecular complexity index is 252. The minimum atomic E-state index is -0.214. The highest BCUT2D eigenvalue weighted by Gasteiger charge is 2.26. The van der Waals surface area contributed by atoms with Gasteiger partial charge in [-0.15, -0.1) is 0 Å². The topological polar surface area (TPSA) is 33.4 Å². The fourth-order valence-corrected chi connectivity index (χ4v) is 1.68. The molecular formula is C9H12O2. The lowest BCUT2D eigenvalue weighted by Crippen LogP contribution is -2.21. The number of aliphatic hydroxyl groups excluding tert-OH is 1. The molecule has 1 aromatic heterocycles. The molecule has 1 N–H and O–H groups in total. The molecule has 2 heteroatoms. The molecule has 1 heterocycles. The van der Waals surface area contributed by atoms with E-state index in [0.717, 1.165) is 18.6 Å². The van der Waals surface area contributed by atoms with Gasteiger partial charge in [-0.1, -0.05) is 6.92 Å². The Morgan fingerprint density at radius 3 is 3.27 bits per heavy atom. The van der Waals surface area contributed by atoms with Crippen molar-refractivity contribution in [2.45, 2.75) is 31.8 Å². The molecule has 11 heavy (non-hydrogen) atoms. The van der Waals surface area contributed by atoms with Crippen LogP contribution >= 0.6 is 0 Å². The van der Waals surface area contributed by atoms with E-state index in [0.29, 0.717) is 0 Å². The fraction of sp³-hybridized carbons (Fsp3) is 0.556. The van der Waals surface area contributed by atoms with Crippen molar-refractivity contribution in [3.8, 4) is 0 Å². The van der Waals surface area contributed by atoms with E-state index in [1.54, 1.807) is 6.26 Å². The van der Waals surface area contributed by atoms with Crippen LogP contribution in [0.1, 0.15) is 30.6 Å². The van der Waals surface area contributed by atoms with Gasteiger partial charge in [-0.2, -0.15) is 0 Å². The summed E-state index contributed by atoms with van der Waals surface area (Å²) in [7, 11) is 0. The molecule has 0 amide bonds. The van der Waals surface area contributed by atoms with Crippen molar-refractivity contribution in [3.05, 3.63) is 23.7 Å². The van der Waals surface area contributed by atoms with Crippen LogP contribution in [0.5, 0.6) is 0 Å². The number of hydrogen-bond donors (Lipinski definition) is 1. The molecule has 2 rings (SSSR count). The van der Waals surface area contributed by atoms with E-state index >= 15 is 0 Å². The molecular weight excluding hydrogens is 140 g/mol. The molecule has 0 fully saturated rings. The fourth-order valence-electron chi connectivity index (χ4n) is 1.68. The van der Waals surface area contributed by atoms with Crippen LogP contribution in [0.25, 0.3) is 0 Å². The maximum absolute atomic E-state index is 9.48. The van der Waals surface area contributed by atoms with Gasteiger partial charge in [-0.3, -0.25) is 0 Å². The van der Waals surface area contributed by atoms with Crippen LogP contribution in [0.4, 0.5) is 0 Å². The first-order valence-electron chi connectivity index (χ1n) is 4.03. The van der Waals surface area contributed by atoms with Gasteiger partial charge in [0.2, 0.25) is 0 Å². The summed E-state index contributed by atoms with van der Waals surface area (Å²) in [6, 6.07) is 2.00. The Labute approximate surface area is 65.8 Å². The molecule has 1 aliphatic rings. The average Bonchev–Trinajstić information content (AvgIpc) is 2.45. The van der Waals surface area contributed by atoms with Crippen LogP contribution < -0.4 is 0 Å². The molecule has 0 bridgehead atoms. The number of furan rings is 1. The molecule has 1 aliphatic carbocycles. The van der Waals surface area contributed by atoms with Gasteiger partial charge in [-0.25, -0.2) is 0 Å². The van der Waals surface area contributed by atoms with Crippen LogP contribution in [0, 0.1) is 0 Å². The van der Waals surface area contributed by atoms with Gasteiger partial charge < -0.3 is 9.52 Å². The van der Waals surface area contributed by atoms with Crippen LogP contribution in [-0.4, -0.2) is 11.2 Å². The summed E-state index contributed by atoms with van der Waals surface area (Å²) in [5.74, 6) is 1.15. The first kappa shape index (κ1) is 6.92. The second-order valence-electron chi connectivity index (χ2n) is 3.20. The van der Waals surface area contributed by atoms with Crippen molar-refractivity contribution in [3.63, 3.8) is 0 Å². The van der Waals surface area contributed by atoms with Gasteiger partial charge in [0.05, 0.1) is 12.4 Å². The van der Waals surface area contributed by atoms with Crippen molar-refractivity contribution < 1.29 is 9.52 Å².